The summed E-state index contributed by atoms with van der Waals surface area (Å²) < 4.78 is 11.4. The molecule has 0 radical (unpaired) electrons. The van der Waals surface area contributed by atoms with Gasteiger partial charge in [-0.05, 0) is 68.3 Å². The molecule has 2 saturated heterocycles. The average molecular weight is 625 g/mol. The number of piperazine rings is 1. The van der Waals surface area contributed by atoms with E-state index < -0.39 is 0 Å². The molecule has 3 aliphatic heterocycles. The number of anilines is 6. The first-order valence-electron chi connectivity index (χ1n) is 16.1. The van der Waals surface area contributed by atoms with Crippen molar-refractivity contribution in [2.45, 2.75) is 25.3 Å². The Bertz CT molecular complexity index is 1560. The summed E-state index contributed by atoms with van der Waals surface area (Å²) in [5.41, 5.74) is 5.40. The van der Waals surface area contributed by atoms with Gasteiger partial charge in [-0.25, -0.2) is 4.98 Å². The highest BCUT2D eigenvalue weighted by Crippen LogP contribution is 2.35. The van der Waals surface area contributed by atoms with Crippen LogP contribution in [0.3, 0.4) is 0 Å². The van der Waals surface area contributed by atoms with Gasteiger partial charge in [0.2, 0.25) is 11.9 Å². The van der Waals surface area contributed by atoms with Crippen molar-refractivity contribution in [1.29, 1.82) is 0 Å². The summed E-state index contributed by atoms with van der Waals surface area (Å²) in [6, 6.07) is 14.4. The molecule has 11 heteroatoms. The van der Waals surface area contributed by atoms with E-state index >= 15 is 0 Å². The Labute approximate surface area is 271 Å². The quantitative estimate of drug-likeness (QED) is 0.263. The second-order valence-corrected chi connectivity index (χ2v) is 12.0. The maximum absolute atomic E-state index is 11.9. The Hall–Kier alpha value is -4.45. The number of likely N-dealkylation sites (N-methyl/N-ethyl adjacent to an activating group) is 1. The lowest BCUT2D eigenvalue weighted by Gasteiger charge is -2.42. The minimum atomic E-state index is -0.270. The van der Waals surface area contributed by atoms with Crippen molar-refractivity contribution in [2.75, 3.05) is 87.5 Å². The number of benzene rings is 2. The van der Waals surface area contributed by atoms with Gasteiger partial charge in [-0.2, -0.15) is 4.98 Å². The average Bonchev–Trinajstić information content (AvgIpc) is 3.09. The molecule has 0 spiro atoms. The highest BCUT2D eigenvalue weighted by atomic mass is 16.5. The van der Waals surface area contributed by atoms with Crippen molar-refractivity contribution in [3.05, 3.63) is 73.0 Å². The van der Waals surface area contributed by atoms with E-state index in [0.29, 0.717) is 36.7 Å². The number of carbonyl (C=O) groups excluding carboxylic acids is 1. The third-order valence-electron chi connectivity index (χ3n) is 8.99. The van der Waals surface area contributed by atoms with Crippen LogP contribution in [-0.2, 0) is 9.53 Å². The maximum Gasteiger partial charge on any atom is 0.247 e. The normalized spacial score (nSPS) is 18.0. The predicted octanol–water partition coefficient (Wildman–Crippen LogP) is 5.12. The molecule has 0 saturated carbocycles. The SMILES string of the molecule is C=CC(=O)Nc1cccc(Nc2nc(Nc3ccc(N4CCC(N5CCN(C)CC5)CC4)cc3OC)ncc2C2=CCOCC2)c1. The van der Waals surface area contributed by atoms with E-state index in [9.17, 15) is 4.79 Å². The summed E-state index contributed by atoms with van der Waals surface area (Å²) in [7, 11) is 3.90. The first-order valence-corrected chi connectivity index (χ1v) is 16.1. The molecular weight excluding hydrogens is 580 g/mol. The van der Waals surface area contributed by atoms with E-state index in [1.807, 2.05) is 36.5 Å². The summed E-state index contributed by atoms with van der Waals surface area (Å²) in [6.45, 7) is 11.4. The van der Waals surface area contributed by atoms with E-state index in [0.717, 1.165) is 66.5 Å². The number of ether oxygens (including phenoxy) is 2. The largest absolute Gasteiger partial charge is 0.494 e. The van der Waals surface area contributed by atoms with E-state index in [4.69, 9.17) is 14.5 Å². The lowest BCUT2D eigenvalue weighted by Crippen LogP contribution is -2.52. The van der Waals surface area contributed by atoms with E-state index in [1.54, 1.807) is 7.11 Å². The molecular formula is C35H44N8O3. The van der Waals surface area contributed by atoms with Crippen LogP contribution in [0.4, 0.5) is 34.5 Å². The van der Waals surface area contributed by atoms with Crippen molar-refractivity contribution in [3.63, 3.8) is 0 Å². The molecule has 2 fully saturated rings. The van der Waals surface area contributed by atoms with E-state index in [-0.39, 0.29) is 5.91 Å². The summed E-state index contributed by atoms with van der Waals surface area (Å²) in [6.07, 6.45) is 8.27. The van der Waals surface area contributed by atoms with Crippen LogP contribution in [0.25, 0.3) is 5.57 Å². The molecule has 46 heavy (non-hydrogen) atoms. The Kier molecular flexibility index (Phi) is 10.1. The minimum absolute atomic E-state index is 0.270. The zero-order valence-electron chi connectivity index (χ0n) is 26.8. The Balaban J connectivity index is 1.18. The summed E-state index contributed by atoms with van der Waals surface area (Å²) in [5.74, 6) is 1.55. The number of carbonyl (C=O) groups is 1. The van der Waals surface area contributed by atoms with E-state index in [2.05, 4.69) is 67.5 Å². The third-order valence-corrected chi connectivity index (χ3v) is 8.99. The molecule has 11 nitrogen and oxygen atoms in total. The fourth-order valence-electron chi connectivity index (χ4n) is 6.33. The van der Waals surface area contributed by atoms with Crippen molar-refractivity contribution >= 4 is 46.0 Å². The maximum atomic E-state index is 11.9. The summed E-state index contributed by atoms with van der Waals surface area (Å²) in [4.78, 5) is 29.0. The molecule has 3 aliphatic rings. The van der Waals surface area contributed by atoms with Crippen molar-refractivity contribution in [3.8, 4) is 5.75 Å². The van der Waals surface area contributed by atoms with E-state index in [1.165, 1.54) is 32.0 Å². The van der Waals surface area contributed by atoms with Crippen LogP contribution < -0.4 is 25.6 Å². The Morgan fingerprint density at radius 2 is 1.85 bits per heavy atom. The molecule has 2 aromatic carbocycles. The molecule has 1 amide bonds. The number of amides is 1. The number of nitrogens with zero attached hydrogens (tertiary/aromatic N) is 5. The number of methoxy groups -OCH3 is 1. The fourth-order valence-corrected chi connectivity index (χ4v) is 6.33. The summed E-state index contributed by atoms with van der Waals surface area (Å²) >= 11 is 0. The first kappa shape index (κ1) is 31.5. The Morgan fingerprint density at radius 3 is 2.59 bits per heavy atom. The van der Waals surface area contributed by atoms with Crippen LogP contribution in [0.5, 0.6) is 5.75 Å². The molecule has 3 aromatic rings. The lowest BCUT2D eigenvalue weighted by molar-refractivity contribution is -0.111. The van der Waals surface area contributed by atoms with Crippen molar-refractivity contribution in [2.24, 2.45) is 0 Å². The standard InChI is InChI=1S/C35H44N8O3/c1-4-33(44)37-26-6-5-7-27(22-26)38-34-30(25-12-20-46-21-13-25)24-36-35(40-34)39-31-9-8-29(23-32(31)45-3)42-14-10-28(11-15-42)43-18-16-41(2)17-19-43/h4-9,12,22-24,28H,1,10-11,13-21H2,2-3H3,(H,37,44)(H2,36,38,39,40). The zero-order valence-corrected chi connectivity index (χ0v) is 26.8. The van der Waals surface area contributed by atoms with Gasteiger partial charge in [-0.1, -0.05) is 18.7 Å². The number of nitrogens with one attached hydrogen (secondary N) is 3. The second-order valence-electron chi connectivity index (χ2n) is 12.0. The van der Waals surface area contributed by atoms with Crippen molar-refractivity contribution in [1.82, 2.24) is 19.8 Å². The van der Waals surface area contributed by atoms with Gasteiger partial charge < -0.3 is 35.2 Å². The molecule has 1 aromatic heterocycles. The molecule has 3 N–H and O–H groups in total. The number of hydrogen-bond acceptors (Lipinski definition) is 10. The monoisotopic (exact) mass is 624 g/mol. The molecule has 6 rings (SSSR count). The molecule has 0 unspecified atom stereocenters. The van der Waals surface area contributed by atoms with Crippen LogP contribution in [0.15, 0.2) is 67.4 Å². The van der Waals surface area contributed by atoms with Gasteiger partial charge >= 0.3 is 0 Å². The van der Waals surface area contributed by atoms with Gasteiger partial charge in [0.15, 0.2) is 0 Å². The molecule has 0 bridgehead atoms. The first-order chi connectivity index (χ1) is 22.5. The van der Waals surface area contributed by atoms with Gasteiger partial charge in [0.05, 0.1) is 26.0 Å². The second kappa shape index (κ2) is 14.8. The number of aromatic nitrogens is 2. The fraction of sp³-hybridized carbons (Fsp3) is 0.400. The predicted molar refractivity (Wildman–Crippen MR) is 185 cm³/mol. The van der Waals surface area contributed by atoms with Gasteiger partial charge in [0.1, 0.15) is 11.6 Å². The highest BCUT2D eigenvalue weighted by molar-refractivity contribution is 5.99. The van der Waals surface area contributed by atoms with Crippen LogP contribution in [0.1, 0.15) is 24.8 Å². The molecule has 4 heterocycles. The van der Waals surface area contributed by atoms with Gasteiger partial charge in [-0.15, -0.1) is 0 Å². The molecule has 0 atom stereocenters. The number of rotatable bonds is 10. The van der Waals surface area contributed by atoms with Gasteiger partial charge in [0.25, 0.3) is 0 Å². The smallest absolute Gasteiger partial charge is 0.247 e. The lowest BCUT2D eigenvalue weighted by atomic mass is 10.0. The zero-order chi connectivity index (χ0) is 31.9. The number of hydrogen-bond donors (Lipinski definition) is 3. The van der Waals surface area contributed by atoms with Crippen LogP contribution >= 0.6 is 0 Å². The minimum Gasteiger partial charge on any atom is -0.494 e. The van der Waals surface area contributed by atoms with Gasteiger partial charge in [0, 0.05) is 80.2 Å². The summed E-state index contributed by atoms with van der Waals surface area (Å²) in [5, 5.41) is 9.63. The van der Waals surface area contributed by atoms with Crippen molar-refractivity contribution < 1.29 is 14.3 Å². The van der Waals surface area contributed by atoms with Crippen LogP contribution in [-0.4, -0.2) is 98.4 Å². The highest BCUT2D eigenvalue weighted by Gasteiger charge is 2.27. The van der Waals surface area contributed by atoms with Crippen LogP contribution in [0, 0.1) is 0 Å². The Morgan fingerprint density at radius 1 is 1.04 bits per heavy atom. The third kappa shape index (κ3) is 7.67. The van der Waals surface area contributed by atoms with Crippen LogP contribution in [0.2, 0.25) is 0 Å². The topological polar surface area (TPSA) is 107 Å². The molecule has 242 valence electrons. The molecule has 0 aliphatic carbocycles. The van der Waals surface area contributed by atoms with Gasteiger partial charge in [-0.3, -0.25) is 9.69 Å². The number of piperidine rings is 1.